The Balaban J connectivity index is 1.79. The Morgan fingerprint density at radius 2 is 1.76 bits per heavy atom. The fraction of sp³-hybridized carbons (Fsp3) is 0.0625. The molecule has 25 heavy (non-hydrogen) atoms. The molecule has 0 saturated heterocycles. The molecule has 128 valence electrons. The average molecular weight is 432 g/mol. The second-order valence-electron chi connectivity index (χ2n) is 4.84. The van der Waals surface area contributed by atoms with Gasteiger partial charge in [0.15, 0.2) is 0 Å². The minimum Gasteiger partial charge on any atom is -0.195 e. The predicted molar refractivity (Wildman–Crippen MR) is 105 cm³/mol. The first-order valence-electron chi connectivity index (χ1n) is 7.00. The molecule has 0 N–H and O–H groups in total. The van der Waals surface area contributed by atoms with E-state index in [1.807, 2.05) is 24.3 Å². The molecule has 2 aromatic carbocycles. The molecule has 0 fully saturated rings. The van der Waals surface area contributed by atoms with Gasteiger partial charge in [-0.3, -0.25) is 0 Å². The van der Waals surface area contributed by atoms with Crippen molar-refractivity contribution in [2.75, 3.05) is 0 Å². The molecule has 0 spiro atoms. The van der Waals surface area contributed by atoms with Crippen LogP contribution >= 0.6 is 58.2 Å². The van der Waals surface area contributed by atoms with E-state index in [1.54, 1.807) is 12.1 Å². The van der Waals surface area contributed by atoms with Gasteiger partial charge >= 0.3 is 0 Å². The zero-order chi connectivity index (χ0) is 17.8. The quantitative estimate of drug-likeness (QED) is 0.280. The Hall–Kier alpha value is -1.24. The fourth-order valence-corrected chi connectivity index (χ4v) is 3.71. The SMILES string of the molecule is Clc1ccccc1CSc1nncn1/N=C/c1c(Cl)ccc(Cl)c1Cl. The van der Waals surface area contributed by atoms with Crippen LogP contribution in [0.25, 0.3) is 0 Å². The lowest BCUT2D eigenvalue weighted by Crippen LogP contribution is -1.94. The lowest BCUT2D eigenvalue weighted by Gasteiger charge is -2.05. The zero-order valence-corrected chi connectivity index (χ0v) is 16.4. The van der Waals surface area contributed by atoms with Crippen LogP contribution in [0.2, 0.25) is 20.1 Å². The molecule has 3 rings (SSSR count). The average Bonchev–Trinajstić information content (AvgIpc) is 3.05. The lowest BCUT2D eigenvalue weighted by atomic mass is 10.2. The molecular weight excluding hydrogens is 422 g/mol. The van der Waals surface area contributed by atoms with Crippen LogP contribution in [0.1, 0.15) is 11.1 Å². The molecule has 0 unspecified atom stereocenters. The molecule has 0 atom stereocenters. The Bertz CT molecular complexity index is 926. The molecule has 1 heterocycles. The van der Waals surface area contributed by atoms with E-state index in [1.165, 1.54) is 29.0 Å². The summed E-state index contributed by atoms with van der Waals surface area (Å²) in [7, 11) is 0. The van der Waals surface area contributed by atoms with Gasteiger partial charge in [0.25, 0.3) is 0 Å². The van der Waals surface area contributed by atoms with Crippen molar-refractivity contribution < 1.29 is 0 Å². The molecule has 3 aromatic rings. The van der Waals surface area contributed by atoms with E-state index in [0.717, 1.165) is 5.56 Å². The second-order valence-corrected chi connectivity index (χ2v) is 7.38. The van der Waals surface area contributed by atoms with E-state index in [-0.39, 0.29) is 0 Å². The van der Waals surface area contributed by atoms with Crippen molar-refractivity contribution >= 4 is 64.4 Å². The van der Waals surface area contributed by atoms with E-state index < -0.39 is 0 Å². The van der Waals surface area contributed by atoms with Crippen molar-refractivity contribution in [2.24, 2.45) is 5.10 Å². The number of nitrogens with zero attached hydrogens (tertiary/aromatic N) is 4. The van der Waals surface area contributed by atoms with Crippen LogP contribution in [0.4, 0.5) is 0 Å². The summed E-state index contributed by atoms with van der Waals surface area (Å²) in [5.74, 6) is 0.645. The van der Waals surface area contributed by atoms with Gasteiger partial charge in [0.2, 0.25) is 5.16 Å². The van der Waals surface area contributed by atoms with Crippen molar-refractivity contribution in [3.8, 4) is 0 Å². The molecule has 0 bridgehead atoms. The summed E-state index contributed by atoms with van der Waals surface area (Å²) in [6.07, 6.45) is 3.03. The normalized spacial score (nSPS) is 11.4. The molecule has 1 aromatic heterocycles. The van der Waals surface area contributed by atoms with Crippen molar-refractivity contribution in [1.82, 2.24) is 14.9 Å². The lowest BCUT2D eigenvalue weighted by molar-refractivity contribution is 0.767. The van der Waals surface area contributed by atoms with Crippen molar-refractivity contribution in [1.29, 1.82) is 0 Å². The summed E-state index contributed by atoms with van der Waals surface area (Å²) in [4.78, 5) is 0. The Kier molecular flexibility index (Phi) is 6.25. The van der Waals surface area contributed by atoms with Crippen LogP contribution in [0.3, 0.4) is 0 Å². The number of hydrogen-bond acceptors (Lipinski definition) is 4. The first-order valence-corrected chi connectivity index (χ1v) is 9.50. The predicted octanol–water partition coefficient (Wildman–Crippen LogP) is 6.07. The topological polar surface area (TPSA) is 43.1 Å². The standard InChI is InChI=1S/C16H10Cl4N4S/c17-12-4-2-1-3-10(12)8-25-16-23-21-9-24(16)22-7-11-13(18)5-6-14(19)15(11)20/h1-7,9H,8H2/b22-7+. The smallest absolute Gasteiger partial charge is 0.195 e. The van der Waals surface area contributed by atoms with Gasteiger partial charge in [-0.15, -0.1) is 10.2 Å². The number of halogens is 4. The first-order chi connectivity index (χ1) is 12.1. The highest BCUT2D eigenvalue weighted by molar-refractivity contribution is 7.98. The molecule has 0 amide bonds. The zero-order valence-electron chi connectivity index (χ0n) is 12.5. The molecule has 0 saturated carbocycles. The van der Waals surface area contributed by atoms with Crippen molar-refractivity contribution in [2.45, 2.75) is 10.9 Å². The highest BCUT2D eigenvalue weighted by Gasteiger charge is 2.09. The maximum absolute atomic E-state index is 6.17. The minimum atomic E-state index is 0.344. The van der Waals surface area contributed by atoms with Crippen LogP contribution in [-0.4, -0.2) is 21.1 Å². The van der Waals surface area contributed by atoms with Gasteiger partial charge < -0.3 is 0 Å². The third-order valence-corrected chi connectivity index (χ3v) is 5.71. The second kappa shape index (κ2) is 8.43. The fourth-order valence-electron chi connectivity index (χ4n) is 1.93. The van der Waals surface area contributed by atoms with Crippen molar-refractivity contribution in [3.05, 3.63) is 73.9 Å². The van der Waals surface area contributed by atoms with E-state index >= 15 is 0 Å². The largest absolute Gasteiger partial charge is 0.212 e. The van der Waals surface area contributed by atoms with E-state index in [2.05, 4.69) is 15.3 Å². The van der Waals surface area contributed by atoms with Gasteiger partial charge in [0.05, 0.1) is 21.3 Å². The first kappa shape index (κ1) is 18.5. The number of hydrogen-bond donors (Lipinski definition) is 0. The number of aromatic nitrogens is 3. The molecule has 9 heteroatoms. The summed E-state index contributed by atoms with van der Waals surface area (Å²) < 4.78 is 1.54. The third kappa shape index (κ3) is 4.49. The maximum Gasteiger partial charge on any atom is 0.212 e. The molecule has 4 nitrogen and oxygen atoms in total. The molecule has 0 aliphatic carbocycles. The molecular formula is C16H10Cl4N4S. The van der Waals surface area contributed by atoms with E-state index in [9.17, 15) is 0 Å². The summed E-state index contributed by atoms with van der Waals surface area (Å²) >= 11 is 26.0. The number of thioether (sulfide) groups is 1. The van der Waals surface area contributed by atoms with E-state index in [0.29, 0.717) is 36.6 Å². The van der Waals surface area contributed by atoms with Gasteiger partial charge in [0.1, 0.15) is 6.33 Å². The van der Waals surface area contributed by atoms with E-state index in [4.69, 9.17) is 46.4 Å². The van der Waals surface area contributed by atoms with Crippen LogP contribution in [-0.2, 0) is 5.75 Å². The summed E-state index contributed by atoms with van der Waals surface area (Å²) in [5.41, 5.74) is 1.54. The maximum atomic E-state index is 6.17. The highest BCUT2D eigenvalue weighted by Crippen LogP contribution is 2.30. The highest BCUT2D eigenvalue weighted by atomic mass is 35.5. The molecule has 0 radical (unpaired) electrons. The number of rotatable bonds is 5. The Labute approximate surface area is 168 Å². The Morgan fingerprint density at radius 1 is 1.00 bits per heavy atom. The van der Waals surface area contributed by atoms with Gasteiger partial charge in [-0.05, 0) is 23.8 Å². The van der Waals surface area contributed by atoms with Gasteiger partial charge in [-0.25, -0.2) is 0 Å². The van der Waals surface area contributed by atoms with Crippen molar-refractivity contribution in [3.63, 3.8) is 0 Å². The monoisotopic (exact) mass is 430 g/mol. The van der Waals surface area contributed by atoms with Crippen LogP contribution < -0.4 is 0 Å². The van der Waals surface area contributed by atoms with Gasteiger partial charge in [-0.1, -0.05) is 76.4 Å². The minimum absolute atomic E-state index is 0.344. The number of benzene rings is 2. The Morgan fingerprint density at radius 3 is 2.56 bits per heavy atom. The van der Waals surface area contributed by atoms with Crippen LogP contribution in [0, 0.1) is 0 Å². The summed E-state index contributed by atoms with van der Waals surface area (Å²) in [6, 6.07) is 10.9. The molecule has 0 aliphatic rings. The van der Waals surface area contributed by atoms with Gasteiger partial charge in [-0.2, -0.15) is 9.78 Å². The molecule has 0 aliphatic heterocycles. The van der Waals surface area contributed by atoms with Crippen LogP contribution in [0.15, 0.2) is 53.0 Å². The summed E-state index contributed by atoms with van der Waals surface area (Å²) in [6.45, 7) is 0. The summed E-state index contributed by atoms with van der Waals surface area (Å²) in [5, 5.41) is 14.8. The third-order valence-electron chi connectivity index (χ3n) is 3.21. The van der Waals surface area contributed by atoms with Crippen LogP contribution in [0.5, 0.6) is 0 Å². The van der Waals surface area contributed by atoms with Gasteiger partial charge in [0, 0.05) is 16.3 Å².